The van der Waals surface area contributed by atoms with Crippen LogP contribution in [0.4, 0.5) is 0 Å². The SMILES string of the molecule is CCCCc1ccc(CCC[O])c(CCCC)c1. The van der Waals surface area contributed by atoms with E-state index in [1.807, 2.05) is 0 Å². The molecule has 0 amide bonds. The number of hydrogen-bond acceptors (Lipinski definition) is 0. The average Bonchev–Trinajstić information content (AvgIpc) is 2.41. The molecule has 0 fully saturated rings. The van der Waals surface area contributed by atoms with Gasteiger partial charge >= 0.3 is 0 Å². The molecule has 0 bridgehead atoms. The van der Waals surface area contributed by atoms with E-state index >= 15 is 0 Å². The van der Waals surface area contributed by atoms with Gasteiger partial charge in [-0.25, -0.2) is 5.11 Å². The van der Waals surface area contributed by atoms with Gasteiger partial charge in [-0.2, -0.15) is 0 Å². The number of unbranched alkanes of at least 4 members (excludes halogenated alkanes) is 2. The largest absolute Gasteiger partial charge is 0.237 e. The molecule has 101 valence electrons. The molecule has 0 saturated carbocycles. The Kier molecular flexibility index (Phi) is 7.75. The molecule has 1 radical (unpaired) electrons. The molecule has 0 aromatic heterocycles. The maximum Gasteiger partial charge on any atom is 0.0825 e. The molecule has 1 rings (SSSR count). The molecule has 18 heavy (non-hydrogen) atoms. The fraction of sp³-hybridized carbons (Fsp3) is 0.647. The minimum atomic E-state index is 0.0464. The highest BCUT2D eigenvalue weighted by Gasteiger charge is 2.04. The standard InChI is InChI=1S/C17H27O/c1-3-5-8-15-11-12-16(10-7-13-18)17(14-15)9-6-4-2/h11-12,14H,3-10,13H2,1-2H3. The van der Waals surface area contributed by atoms with Gasteiger partial charge in [-0.05, 0) is 55.2 Å². The Morgan fingerprint density at radius 2 is 1.50 bits per heavy atom. The quantitative estimate of drug-likeness (QED) is 0.601. The zero-order valence-corrected chi connectivity index (χ0v) is 12.0. The van der Waals surface area contributed by atoms with E-state index in [1.165, 1.54) is 55.2 Å². The highest BCUT2D eigenvalue weighted by Crippen LogP contribution is 2.18. The fourth-order valence-electron chi connectivity index (χ4n) is 2.32. The highest BCUT2D eigenvalue weighted by molar-refractivity contribution is 5.32. The summed E-state index contributed by atoms with van der Waals surface area (Å²) in [6.07, 6.45) is 9.10. The topological polar surface area (TPSA) is 19.9 Å². The zero-order chi connectivity index (χ0) is 13.2. The third-order valence-electron chi connectivity index (χ3n) is 3.48. The first-order valence-electron chi connectivity index (χ1n) is 7.50. The smallest absolute Gasteiger partial charge is 0.0825 e. The van der Waals surface area contributed by atoms with Gasteiger partial charge in [0, 0.05) is 0 Å². The second-order valence-electron chi connectivity index (χ2n) is 5.12. The number of hydrogen-bond donors (Lipinski definition) is 0. The summed E-state index contributed by atoms with van der Waals surface area (Å²) in [6.45, 7) is 4.52. The van der Waals surface area contributed by atoms with Gasteiger partial charge in [0.25, 0.3) is 0 Å². The molecule has 0 spiro atoms. The molecule has 1 aromatic rings. The van der Waals surface area contributed by atoms with E-state index < -0.39 is 0 Å². The van der Waals surface area contributed by atoms with Crippen molar-refractivity contribution in [2.75, 3.05) is 6.61 Å². The first-order valence-corrected chi connectivity index (χ1v) is 7.50. The van der Waals surface area contributed by atoms with Crippen LogP contribution in [0, 0.1) is 0 Å². The number of benzene rings is 1. The molecular formula is C17H27O. The maximum atomic E-state index is 10.6. The van der Waals surface area contributed by atoms with Crippen LogP contribution in [0.2, 0.25) is 0 Å². The Bertz CT molecular complexity index is 330. The Hall–Kier alpha value is -0.820. The van der Waals surface area contributed by atoms with Gasteiger partial charge in [0.05, 0.1) is 6.61 Å². The van der Waals surface area contributed by atoms with Crippen LogP contribution >= 0.6 is 0 Å². The second kappa shape index (κ2) is 9.16. The van der Waals surface area contributed by atoms with Crippen molar-refractivity contribution in [2.45, 2.75) is 65.2 Å². The van der Waals surface area contributed by atoms with Crippen LogP contribution < -0.4 is 0 Å². The first-order chi connectivity index (χ1) is 8.81. The normalized spacial score (nSPS) is 10.8. The van der Waals surface area contributed by atoms with E-state index in [0.29, 0.717) is 0 Å². The number of rotatable bonds is 9. The maximum absolute atomic E-state index is 10.6. The minimum absolute atomic E-state index is 0.0464. The zero-order valence-electron chi connectivity index (χ0n) is 12.0. The van der Waals surface area contributed by atoms with Crippen molar-refractivity contribution in [1.82, 2.24) is 0 Å². The van der Waals surface area contributed by atoms with E-state index in [9.17, 15) is 5.11 Å². The molecule has 0 heterocycles. The third-order valence-corrected chi connectivity index (χ3v) is 3.48. The van der Waals surface area contributed by atoms with E-state index in [1.54, 1.807) is 0 Å². The lowest BCUT2D eigenvalue weighted by Gasteiger charge is -2.11. The predicted octanol–water partition coefficient (Wildman–Crippen LogP) is 4.73. The molecule has 0 aliphatic carbocycles. The lowest BCUT2D eigenvalue weighted by atomic mass is 9.95. The predicted molar refractivity (Wildman–Crippen MR) is 77.5 cm³/mol. The molecule has 0 saturated heterocycles. The monoisotopic (exact) mass is 247 g/mol. The van der Waals surface area contributed by atoms with Crippen LogP contribution in [0.25, 0.3) is 0 Å². The average molecular weight is 247 g/mol. The van der Waals surface area contributed by atoms with Crippen LogP contribution in [0.5, 0.6) is 0 Å². The Labute approximate surface area is 112 Å². The molecule has 1 aromatic carbocycles. The van der Waals surface area contributed by atoms with Crippen molar-refractivity contribution >= 4 is 0 Å². The van der Waals surface area contributed by atoms with Gasteiger partial charge in [-0.15, -0.1) is 0 Å². The van der Waals surface area contributed by atoms with E-state index in [-0.39, 0.29) is 6.61 Å². The van der Waals surface area contributed by atoms with Crippen molar-refractivity contribution in [3.05, 3.63) is 34.9 Å². The Morgan fingerprint density at radius 3 is 2.17 bits per heavy atom. The van der Waals surface area contributed by atoms with E-state index in [4.69, 9.17) is 0 Å². The summed E-state index contributed by atoms with van der Waals surface area (Å²) in [5.41, 5.74) is 4.35. The Balaban J connectivity index is 2.74. The van der Waals surface area contributed by atoms with Gasteiger partial charge in [0.2, 0.25) is 0 Å². The van der Waals surface area contributed by atoms with Gasteiger partial charge in [0.1, 0.15) is 0 Å². The summed E-state index contributed by atoms with van der Waals surface area (Å²) >= 11 is 0. The van der Waals surface area contributed by atoms with E-state index in [2.05, 4.69) is 32.0 Å². The molecule has 1 heteroatoms. The molecular weight excluding hydrogens is 220 g/mol. The number of aryl methyl sites for hydroxylation is 3. The third kappa shape index (κ3) is 5.22. The summed E-state index contributed by atoms with van der Waals surface area (Å²) in [4.78, 5) is 0. The van der Waals surface area contributed by atoms with Crippen molar-refractivity contribution in [2.24, 2.45) is 0 Å². The summed E-state index contributed by atoms with van der Waals surface area (Å²) in [6, 6.07) is 6.89. The fourth-order valence-corrected chi connectivity index (χ4v) is 2.32. The van der Waals surface area contributed by atoms with Crippen LogP contribution in [-0.2, 0) is 24.4 Å². The highest BCUT2D eigenvalue weighted by atomic mass is 16.2. The van der Waals surface area contributed by atoms with Crippen molar-refractivity contribution in [3.8, 4) is 0 Å². The van der Waals surface area contributed by atoms with Gasteiger partial charge in [-0.3, -0.25) is 0 Å². The molecule has 1 nitrogen and oxygen atoms in total. The molecule has 0 unspecified atom stereocenters. The van der Waals surface area contributed by atoms with E-state index in [0.717, 1.165) is 12.8 Å². The van der Waals surface area contributed by atoms with Crippen molar-refractivity contribution < 1.29 is 5.11 Å². The molecule has 0 N–H and O–H groups in total. The second-order valence-corrected chi connectivity index (χ2v) is 5.12. The lowest BCUT2D eigenvalue weighted by molar-refractivity contribution is 0.189. The minimum Gasteiger partial charge on any atom is -0.237 e. The summed E-state index contributed by atoms with van der Waals surface area (Å²) < 4.78 is 0. The van der Waals surface area contributed by atoms with Gasteiger partial charge in [0.15, 0.2) is 0 Å². The van der Waals surface area contributed by atoms with Crippen LogP contribution in [-0.4, -0.2) is 6.61 Å². The summed E-state index contributed by atoms with van der Waals surface area (Å²) in [7, 11) is 0. The lowest BCUT2D eigenvalue weighted by Crippen LogP contribution is -1.98. The summed E-state index contributed by atoms with van der Waals surface area (Å²) in [5, 5.41) is 10.6. The van der Waals surface area contributed by atoms with Crippen molar-refractivity contribution in [3.63, 3.8) is 0 Å². The van der Waals surface area contributed by atoms with Gasteiger partial charge in [-0.1, -0.05) is 44.9 Å². The Morgan fingerprint density at radius 1 is 0.833 bits per heavy atom. The molecule has 0 atom stereocenters. The van der Waals surface area contributed by atoms with Crippen molar-refractivity contribution in [1.29, 1.82) is 0 Å². The van der Waals surface area contributed by atoms with Crippen LogP contribution in [0.1, 0.15) is 62.6 Å². The van der Waals surface area contributed by atoms with Gasteiger partial charge < -0.3 is 0 Å². The molecule has 0 aliphatic rings. The van der Waals surface area contributed by atoms with Crippen LogP contribution in [0.15, 0.2) is 18.2 Å². The summed E-state index contributed by atoms with van der Waals surface area (Å²) in [5.74, 6) is 0. The first kappa shape index (κ1) is 15.2. The van der Waals surface area contributed by atoms with Crippen LogP contribution in [0.3, 0.4) is 0 Å². The molecule has 0 aliphatic heterocycles.